The molecular formula is C10H21N5O2Si2. The summed E-state index contributed by atoms with van der Waals surface area (Å²) < 4.78 is 0. The molecule has 9 heteroatoms. The third-order valence-corrected chi connectivity index (χ3v) is 3.97. The Labute approximate surface area is 115 Å². The molecule has 1 heterocycles. The van der Waals surface area contributed by atoms with Gasteiger partial charge in [-0.3, -0.25) is 10.1 Å². The van der Waals surface area contributed by atoms with Crippen molar-refractivity contribution < 1.29 is 4.92 Å². The minimum atomic E-state index is -1.72. The van der Waals surface area contributed by atoms with Crippen molar-refractivity contribution in [1.82, 2.24) is 9.97 Å². The maximum absolute atomic E-state index is 11.3. The summed E-state index contributed by atoms with van der Waals surface area (Å²) in [5.74, 6) is 0.611. The van der Waals surface area contributed by atoms with E-state index in [1.165, 1.54) is 6.33 Å². The van der Waals surface area contributed by atoms with Crippen molar-refractivity contribution in [1.29, 1.82) is 0 Å². The minimum Gasteiger partial charge on any atom is -0.390 e. The quantitative estimate of drug-likeness (QED) is 0.493. The summed E-state index contributed by atoms with van der Waals surface area (Å²) in [7, 11) is -3.44. The molecule has 19 heavy (non-hydrogen) atoms. The van der Waals surface area contributed by atoms with Gasteiger partial charge in [0.25, 0.3) is 0 Å². The lowest BCUT2D eigenvalue weighted by Gasteiger charge is -2.21. The predicted octanol–water partition coefficient (Wildman–Crippen LogP) is 2.88. The van der Waals surface area contributed by atoms with E-state index in [2.05, 4.69) is 59.2 Å². The van der Waals surface area contributed by atoms with Crippen molar-refractivity contribution >= 4 is 33.8 Å². The van der Waals surface area contributed by atoms with E-state index in [1.54, 1.807) is 0 Å². The molecule has 0 amide bonds. The molecule has 0 aliphatic carbocycles. The Kier molecular flexibility index (Phi) is 4.30. The minimum absolute atomic E-state index is 0.0626. The molecule has 0 saturated heterocycles. The van der Waals surface area contributed by atoms with Crippen molar-refractivity contribution in [3.8, 4) is 0 Å². The lowest BCUT2D eigenvalue weighted by Crippen LogP contribution is -2.35. The zero-order valence-electron chi connectivity index (χ0n) is 12.2. The van der Waals surface area contributed by atoms with Crippen LogP contribution in [0.25, 0.3) is 0 Å². The summed E-state index contributed by atoms with van der Waals surface area (Å²) in [6.45, 7) is 12.4. The van der Waals surface area contributed by atoms with Gasteiger partial charge in [0.2, 0.25) is 11.6 Å². The molecule has 1 rings (SSSR count). The first-order valence-corrected chi connectivity index (χ1v) is 13.1. The van der Waals surface area contributed by atoms with Crippen molar-refractivity contribution in [2.24, 2.45) is 0 Å². The van der Waals surface area contributed by atoms with Crippen LogP contribution < -0.4 is 9.96 Å². The topological polar surface area (TPSA) is 93.0 Å². The molecule has 0 saturated carbocycles. The van der Waals surface area contributed by atoms with Gasteiger partial charge in [-0.1, -0.05) is 39.3 Å². The Balaban J connectivity index is 3.26. The largest absolute Gasteiger partial charge is 0.390 e. The Hall–Kier alpha value is -1.49. The maximum Gasteiger partial charge on any atom is 0.351 e. The molecule has 2 N–H and O–H groups in total. The summed E-state index contributed by atoms with van der Waals surface area (Å²) in [5.41, 5.74) is -0.0626. The summed E-state index contributed by atoms with van der Waals surface area (Å²) >= 11 is 0. The Morgan fingerprint density at radius 3 is 1.63 bits per heavy atom. The van der Waals surface area contributed by atoms with Gasteiger partial charge in [0, 0.05) is 0 Å². The van der Waals surface area contributed by atoms with Crippen LogP contribution in [0.2, 0.25) is 39.3 Å². The van der Waals surface area contributed by atoms with E-state index in [0.29, 0.717) is 11.6 Å². The number of hydrogen-bond donors (Lipinski definition) is 2. The number of nitrogens with zero attached hydrogens (tertiary/aromatic N) is 3. The fourth-order valence-corrected chi connectivity index (χ4v) is 3.23. The number of nitrogens with one attached hydrogen (secondary N) is 2. The fraction of sp³-hybridized carbons (Fsp3) is 0.600. The first kappa shape index (κ1) is 15.6. The Morgan fingerprint density at radius 1 is 1.00 bits per heavy atom. The van der Waals surface area contributed by atoms with Gasteiger partial charge in [0.15, 0.2) is 0 Å². The highest BCUT2D eigenvalue weighted by Crippen LogP contribution is 2.31. The van der Waals surface area contributed by atoms with Crippen LogP contribution >= 0.6 is 0 Å². The zero-order valence-corrected chi connectivity index (χ0v) is 14.2. The average Bonchev–Trinajstić information content (AvgIpc) is 2.11. The van der Waals surface area contributed by atoms with Gasteiger partial charge in [-0.05, 0) is 0 Å². The molecule has 0 atom stereocenters. The summed E-state index contributed by atoms with van der Waals surface area (Å²) in [4.78, 5) is 25.3. The molecule has 106 valence electrons. The van der Waals surface area contributed by atoms with Crippen LogP contribution in [0.1, 0.15) is 0 Å². The average molecular weight is 299 g/mol. The highest BCUT2D eigenvalue weighted by Gasteiger charge is 2.28. The monoisotopic (exact) mass is 299 g/mol. The lowest BCUT2D eigenvalue weighted by atomic mass is 10.4. The summed E-state index contributed by atoms with van der Waals surface area (Å²) in [6.07, 6.45) is 1.36. The molecule has 0 aliphatic rings. The van der Waals surface area contributed by atoms with Crippen LogP contribution in [0.15, 0.2) is 6.33 Å². The molecule has 7 nitrogen and oxygen atoms in total. The van der Waals surface area contributed by atoms with Gasteiger partial charge in [0.05, 0.1) is 4.92 Å². The molecule has 1 aromatic rings. The van der Waals surface area contributed by atoms with E-state index < -0.39 is 21.4 Å². The van der Waals surface area contributed by atoms with Gasteiger partial charge in [-0.2, -0.15) is 0 Å². The molecule has 0 aliphatic heterocycles. The van der Waals surface area contributed by atoms with Crippen LogP contribution in [0, 0.1) is 10.1 Å². The zero-order chi connectivity index (χ0) is 14.8. The van der Waals surface area contributed by atoms with Crippen LogP contribution in [0.3, 0.4) is 0 Å². The smallest absolute Gasteiger partial charge is 0.351 e. The second-order valence-corrected chi connectivity index (χ2v) is 15.9. The fourth-order valence-electron chi connectivity index (χ4n) is 1.45. The second kappa shape index (κ2) is 5.25. The van der Waals surface area contributed by atoms with E-state index in [9.17, 15) is 10.1 Å². The molecule has 0 unspecified atom stereocenters. The van der Waals surface area contributed by atoms with E-state index >= 15 is 0 Å². The highest BCUT2D eigenvalue weighted by atomic mass is 28.3. The number of aromatic nitrogens is 2. The van der Waals surface area contributed by atoms with Crippen molar-refractivity contribution in [2.45, 2.75) is 39.3 Å². The van der Waals surface area contributed by atoms with Gasteiger partial charge in [-0.15, -0.1) is 0 Å². The first-order chi connectivity index (χ1) is 8.49. The first-order valence-electron chi connectivity index (χ1n) is 6.05. The van der Waals surface area contributed by atoms with Gasteiger partial charge >= 0.3 is 5.69 Å². The SMILES string of the molecule is C[Si](C)(C)Nc1ncnc(N[Si](C)(C)C)c1[N+](=O)[O-]. The van der Waals surface area contributed by atoms with Gasteiger partial charge in [0.1, 0.15) is 22.8 Å². The molecular weight excluding hydrogens is 278 g/mol. The van der Waals surface area contributed by atoms with E-state index in [1.807, 2.05) is 0 Å². The van der Waals surface area contributed by atoms with Crippen LogP contribution in [0.4, 0.5) is 17.3 Å². The van der Waals surface area contributed by atoms with Crippen LogP contribution in [-0.4, -0.2) is 31.4 Å². The molecule has 1 aromatic heterocycles. The number of rotatable bonds is 5. The number of anilines is 2. The van der Waals surface area contributed by atoms with Crippen molar-refractivity contribution in [3.63, 3.8) is 0 Å². The Bertz CT molecular complexity index is 448. The number of hydrogen-bond acceptors (Lipinski definition) is 6. The van der Waals surface area contributed by atoms with E-state index in [-0.39, 0.29) is 5.69 Å². The van der Waals surface area contributed by atoms with E-state index in [0.717, 1.165) is 0 Å². The molecule has 0 bridgehead atoms. The second-order valence-electron chi connectivity index (χ2n) is 6.43. The highest BCUT2D eigenvalue weighted by molar-refractivity contribution is 6.79. The predicted molar refractivity (Wildman–Crippen MR) is 82.6 cm³/mol. The maximum atomic E-state index is 11.3. The third kappa shape index (κ3) is 4.95. The lowest BCUT2D eigenvalue weighted by molar-refractivity contribution is -0.383. The van der Waals surface area contributed by atoms with E-state index in [4.69, 9.17) is 0 Å². The van der Waals surface area contributed by atoms with Crippen LogP contribution in [0.5, 0.6) is 0 Å². The standard InChI is InChI=1S/C10H21N5O2Si2/c1-18(2,3)13-9-8(15(16)17)10(12-7-11-9)14-19(4,5)6/h7H,1-6H3,(H2,11,12,13,14). The molecule has 0 aromatic carbocycles. The van der Waals surface area contributed by atoms with Gasteiger partial charge < -0.3 is 9.96 Å². The molecule has 0 spiro atoms. The van der Waals surface area contributed by atoms with Crippen molar-refractivity contribution in [2.75, 3.05) is 9.96 Å². The Morgan fingerprint density at radius 2 is 1.37 bits per heavy atom. The van der Waals surface area contributed by atoms with Crippen LogP contribution in [-0.2, 0) is 0 Å². The molecule has 0 radical (unpaired) electrons. The summed E-state index contributed by atoms with van der Waals surface area (Å²) in [5, 5.41) is 11.3. The third-order valence-electron chi connectivity index (χ3n) is 1.99. The number of nitro groups is 1. The summed E-state index contributed by atoms with van der Waals surface area (Å²) in [6, 6.07) is 0. The molecule has 0 fully saturated rings. The van der Waals surface area contributed by atoms with Gasteiger partial charge in [-0.25, -0.2) is 9.97 Å². The van der Waals surface area contributed by atoms with Crippen molar-refractivity contribution in [3.05, 3.63) is 16.4 Å². The normalized spacial score (nSPS) is 12.1.